The molecule has 2 atom stereocenters. The third-order valence-corrected chi connectivity index (χ3v) is 5.36. The summed E-state index contributed by atoms with van der Waals surface area (Å²) in [6.45, 7) is 3.45. The highest BCUT2D eigenvalue weighted by Crippen LogP contribution is 2.50. The molecular formula is C12H14BrNS. The summed E-state index contributed by atoms with van der Waals surface area (Å²) in [7, 11) is 0. The lowest BCUT2D eigenvalue weighted by atomic mass is 10.1. The smallest absolute Gasteiger partial charge is 0.0910 e. The molecule has 0 amide bonds. The molecule has 1 aliphatic heterocycles. The predicted molar refractivity (Wildman–Crippen MR) is 69.2 cm³/mol. The minimum atomic E-state index is 0.232. The standard InChI is InChI=1S/C12H14BrNS/c1-8-7-14-12(15-8)5-4-9-6-10(13)2-3-11(9)12/h2-3,6,8,14H,4-5,7H2,1H3. The number of fused-ring (bicyclic) bond motifs is 2. The molecule has 3 heteroatoms. The number of nitrogens with one attached hydrogen (secondary N) is 1. The van der Waals surface area contributed by atoms with E-state index in [0.29, 0.717) is 0 Å². The van der Waals surface area contributed by atoms with Gasteiger partial charge in [-0.1, -0.05) is 28.9 Å². The molecule has 15 heavy (non-hydrogen) atoms. The van der Waals surface area contributed by atoms with Crippen molar-refractivity contribution in [1.29, 1.82) is 0 Å². The van der Waals surface area contributed by atoms with Gasteiger partial charge in [-0.15, -0.1) is 11.8 Å². The van der Waals surface area contributed by atoms with E-state index in [-0.39, 0.29) is 4.87 Å². The summed E-state index contributed by atoms with van der Waals surface area (Å²) >= 11 is 5.64. The van der Waals surface area contributed by atoms with Gasteiger partial charge in [0.15, 0.2) is 0 Å². The van der Waals surface area contributed by atoms with Crippen molar-refractivity contribution in [3.63, 3.8) is 0 Å². The summed E-state index contributed by atoms with van der Waals surface area (Å²) in [6, 6.07) is 6.72. The molecule has 0 radical (unpaired) electrons. The number of rotatable bonds is 0. The van der Waals surface area contributed by atoms with Crippen LogP contribution in [0.2, 0.25) is 0 Å². The van der Waals surface area contributed by atoms with Crippen LogP contribution in [-0.4, -0.2) is 11.8 Å². The Kier molecular flexibility index (Phi) is 2.38. The molecule has 1 fully saturated rings. The van der Waals surface area contributed by atoms with Crippen molar-refractivity contribution >= 4 is 27.7 Å². The SMILES string of the molecule is CC1CNC2(CCc3cc(Br)ccc32)S1. The van der Waals surface area contributed by atoms with Crippen LogP contribution in [0.1, 0.15) is 24.5 Å². The molecule has 2 unspecified atom stereocenters. The van der Waals surface area contributed by atoms with Crippen LogP contribution in [0.25, 0.3) is 0 Å². The molecule has 0 saturated carbocycles. The molecule has 0 bridgehead atoms. The second-order valence-corrected chi connectivity index (χ2v) is 7.09. The minimum Gasteiger partial charge on any atom is -0.298 e. The number of aryl methyl sites for hydroxylation is 1. The molecule has 0 aromatic heterocycles. The number of hydrogen-bond donors (Lipinski definition) is 1. The minimum absolute atomic E-state index is 0.232. The number of benzene rings is 1. The first-order chi connectivity index (χ1) is 7.20. The molecule has 80 valence electrons. The Morgan fingerprint density at radius 3 is 3.13 bits per heavy atom. The monoisotopic (exact) mass is 283 g/mol. The van der Waals surface area contributed by atoms with Crippen LogP contribution in [0, 0.1) is 0 Å². The van der Waals surface area contributed by atoms with E-state index in [0.717, 1.165) is 11.8 Å². The van der Waals surface area contributed by atoms with Gasteiger partial charge in [-0.05, 0) is 36.1 Å². The van der Waals surface area contributed by atoms with Crippen LogP contribution in [0.3, 0.4) is 0 Å². The maximum absolute atomic E-state index is 3.71. The summed E-state index contributed by atoms with van der Waals surface area (Å²) in [5, 5.41) is 4.44. The fourth-order valence-electron chi connectivity index (χ4n) is 2.65. The van der Waals surface area contributed by atoms with E-state index < -0.39 is 0 Å². The molecule has 1 aromatic rings. The summed E-state index contributed by atoms with van der Waals surface area (Å²) < 4.78 is 1.20. The van der Waals surface area contributed by atoms with Crippen molar-refractivity contribution in [3.05, 3.63) is 33.8 Å². The Hall–Kier alpha value is 0.01000. The van der Waals surface area contributed by atoms with Gasteiger partial charge in [0.05, 0.1) is 4.87 Å². The maximum atomic E-state index is 3.71. The number of hydrogen-bond acceptors (Lipinski definition) is 2. The molecule has 3 rings (SSSR count). The molecule has 1 aliphatic carbocycles. The normalized spacial score (nSPS) is 33.6. The molecule has 2 aliphatic rings. The molecule has 1 spiro atoms. The van der Waals surface area contributed by atoms with Gasteiger partial charge in [0.1, 0.15) is 0 Å². The topological polar surface area (TPSA) is 12.0 Å². The van der Waals surface area contributed by atoms with Crippen molar-refractivity contribution in [2.75, 3.05) is 6.54 Å². The Balaban J connectivity index is 2.04. The van der Waals surface area contributed by atoms with Crippen LogP contribution in [0.15, 0.2) is 22.7 Å². The van der Waals surface area contributed by atoms with Crippen LogP contribution < -0.4 is 5.32 Å². The fraction of sp³-hybridized carbons (Fsp3) is 0.500. The van der Waals surface area contributed by atoms with Crippen LogP contribution in [-0.2, 0) is 11.3 Å². The van der Waals surface area contributed by atoms with E-state index in [1.165, 1.54) is 28.4 Å². The summed E-state index contributed by atoms with van der Waals surface area (Å²) in [6.07, 6.45) is 2.45. The Labute approximate surface area is 103 Å². The average molecular weight is 284 g/mol. The van der Waals surface area contributed by atoms with Gasteiger partial charge in [0, 0.05) is 16.3 Å². The first-order valence-corrected chi connectivity index (χ1v) is 7.09. The second-order valence-electron chi connectivity index (χ2n) is 4.44. The van der Waals surface area contributed by atoms with Crippen molar-refractivity contribution < 1.29 is 0 Å². The number of halogens is 1. The first kappa shape index (κ1) is 10.2. The molecular weight excluding hydrogens is 270 g/mol. The van der Waals surface area contributed by atoms with Gasteiger partial charge in [-0.2, -0.15) is 0 Å². The van der Waals surface area contributed by atoms with E-state index >= 15 is 0 Å². The third-order valence-electron chi connectivity index (χ3n) is 3.33. The Morgan fingerprint density at radius 1 is 1.53 bits per heavy atom. The van der Waals surface area contributed by atoms with Crippen molar-refractivity contribution in [2.24, 2.45) is 0 Å². The van der Waals surface area contributed by atoms with E-state index in [4.69, 9.17) is 0 Å². The molecule has 1 saturated heterocycles. The van der Waals surface area contributed by atoms with E-state index in [1.807, 2.05) is 0 Å². The zero-order valence-electron chi connectivity index (χ0n) is 8.72. The first-order valence-electron chi connectivity index (χ1n) is 5.41. The predicted octanol–water partition coefficient (Wildman–Crippen LogP) is 3.27. The molecule has 1 aromatic carbocycles. The van der Waals surface area contributed by atoms with Crippen LogP contribution >= 0.6 is 27.7 Å². The van der Waals surface area contributed by atoms with E-state index in [9.17, 15) is 0 Å². The lowest BCUT2D eigenvalue weighted by Gasteiger charge is -2.24. The largest absolute Gasteiger partial charge is 0.298 e. The van der Waals surface area contributed by atoms with Gasteiger partial charge in [0.25, 0.3) is 0 Å². The average Bonchev–Trinajstić information content (AvgIpc) is 2.73. The Bertz CT molecular complexity index is 407. The van der Waals surface area contributed by atoms with Crippen LogP contribution in [0.5, 0.6) is 0 Å². The van der Waals surface area contributed by atoms with Gasteiger partial charge in [-0.25, -0.2) is 0 Å². The maximum Gasteiger partial charge on any atom is 0.0910 e. The quantitative estimate of drug-likeness (QED) is 0.784. The van der Waals surface area contributed by atoms with Gasteiger partial charge >= 0.3 is 0 Å². The van der Waals surface area contributed by atoms with E-state index in [1.54, 1.807) is 0 Å². The lowest BCUT2D eigenvalue weighted by molar-refractivity contribution is 0.515. The van der Waals surface area contributed by atoms with Crippen molar-refractivity contribution in [2.45, 2.75) is 29.9 Å². The van der Waals surface area contributed by atoms with Gasteiger partial charge in [-0.3, -0.25) is 5.32 Å². The molecule has 1 nitrogen and oxygen atoms in total. The Morgan fingerprint density at radius 2 is 2.40 bits per heavy atom. The fourth-order valence-corrected chi connectivity index (χ4v) is 4.62. The van der Waals surface area contributed by atoms with Crippen LogP contribution in [0.4, 0.5) is 0 Å². The zero-order chi connectivity index (χ0) is 10.5. The highest BCUT2D eigenvalue weighted by atomic mass is 79.9. The molecule has 1 N–H and O–H groups in total. The van der Waals surface area contributed by atoms with Crippen molar-refractivity contribution in [1.82, 2.24) is 5.32 Å². The summed E-state index contributed by atoms with van der Waals surface area (Å²) in [4.78, 5) is 0.232. The zero-order valence-corrected chi connectivity index (χ0v) is 11.1. The van der Waals surface area contributed by atoms with Gasteiger partial charge in [0.2, 0.25) is 0 Å². The highest BCUT2D eigenvalue weighted by molar-refractivity contribution is 9.10. The summed E-state index contributed by atoms with van der Waals surface area (Å²) in [5.74, 6) is 0. The van der Waals surface area contributed by atoms with E-state index in [2.05, 4.69) is 58.1 Å². The highest BCUT2D eigenvalue weighted by Gasteiger charge is 2.43. The lowest BCUT2D eigenvalue weighted by Crippen LogP contribution is -2.31. The number of thioether (sulfide) groups is 1. The second kappa shape index (κ2) is 3.51. The van der Waals surface area contributed by atoms with Gasteiger partial charge < -0.3 is 0 Å². The summed E-state index contributed by atoms with van der Waals surface area (Å²) in [5.41, 5.74) is 3.03. The third kappa shape index (κ3) is 1.56. The molecule has 1 heterocycles. The van der Waals surface area contributed by atoms with Crippen molar-refractivity contribution in [3.8, 4) is 0 Å².